The van der Waals surface area contributed by atoms with Crippen LogP contribution in [-0.2, 0) is 6.42 Å². The van der Waals surface area contributed by atoms with Crippen molar-refractivity contribution in [2.45, 2.75) is 6.42 Å². The first kappa shape index (κ1) is 12.1. The van der Waals surface area contributed by atoms with Crippen LogP contribution in [0, 0.1) is 10.1 Å². The van der Waals surface area contributed by atoms with Crippen LogP contribution in [0.4, 0.5) is 5.69 Å². The Bertz CT molecular complexity index is 549. The van der Waals surface area contributed by atoms with Gasteiger partial charge in [0.1, 0.15) is 5.75 Å². The highest BCUT2D eigenvalue weighted by Gasteiger charge is 2.06. The number of methoxy groups -OCH3 is 1. The van der Waals surface area contributed by atoms with Gasteiger partial charge in [-0.15, -0.1) is 0 Å². The number of rotatable bonds is 4. The molecule has 2 aromatic rings. The van der Waals surface area contributed by atoms with E-state index in [1.54, 1.807) is 19.2 Å². The van der Waals surface area contributed by atoms with E-state index in [0.717, 1.165) is 16.9 Å². The molecule has 2 rings (SSSR count). The summed E-state index contributed by atoms with van der Waals surface area (Å²) in [5, 5.41) is 10.7. The molecule has 0 N–H and O–H groups in total. The summed E-state index contributed by atoms with van der Waals surface area (Å²) in [4.78, 5) is 10.3. The van der Waals surface area contributed by atoms with Crippen LogP contribution in [0.2, 0.25) is 0 Å². The molecule has 0 bridgehead atoms. The lowest BCUT2D eigenvalue weighted by atomic mass is 10.0. The average molecular weight is 243 g/mol. The second-order valence-electron chi connectivity index (χ2n) is 3.95. The lowest BCUT2D eigenvalue weighted by Crippen LogP contribution is -1.92. The lowest BCUT2D eigenvalue weighted by Gasteiger charge is -2.04. The summed E-state index contributed by atoms with van der Waals surface area (Å²) < 4.78 is 5.08. The Morgan fingerprint density at radius 3 is 2.44 bits per heavy atom. The van der Waals surface area contributed by atoms with E-state index >= 15 is 0 Å². The number of nitro benzene ring substituents is 1. The average Bonchev–Trinajstić information content (AvgIpc) is 2.40. The van der Waals surface area contributed by atoms with Crippen molar-refractivity contribution in [2.24, 2.45) is 0 Å². The number of benzene rings is 2. The van der Waals surface area contributed by atoms with Crippen molar-refractivity contribution < 1.29 is 9.66 Å². The third-order valence-electron chi connectivity index (χ3n) is 2.69. The van der Waals surface area contributed by atoms with Gasteiger partial charge in [0.15, 0.2) is 0 Å². The van der Waals surface area contributed by atoms with E-state index in [1.165, 1.54) is 6.07 Å². The quantitative estimate of drug-likeness (QED) is 0.612. The fourth-order valence-corrected chi connectivity index (χ4v) is 1.76. The Labute approximate surface area is 105 Å². The normalized spacial score (nSPS) is 10.1. The zero-order chi connectivity index (χ0) is 13.0. The molecular formula is C14H13NO3. The molecule has 0 spiro atoms. The molecule has 0 fully saturated rings. The van der Waals surface area contributed by atoms with Gasteiger partial charge in [-0.3, -0.25) is 10.1 Å². The topological polar surface area (TPSA) is 52.4 Å². The van der Waals surface area contributed by atoms with E-state index in [9.17, 15) is 10.1 Å². The van der Waals surface area contributed by atoms with Crippen molar-refractivity contribution >= 4 is 5.69 Å². The minimum Gasteiger partial charge on any atom is -0.497 e. The summed E-state index contributed by atoms with van der Waals surface area (Å²) in [6.07, 6.45) is 0.672. The molecule has 0 aliphatic rings. The largest absolute Gasteiger partial charge is 0.497 e. The maximum absolute atomic E-state index is 10.7. The number of nitrogens with zero attached hydrogens (tertiary/aromatic N) is 1. The van der Waals surface area contributed by atoms with E-state index in [2.05, 4.69) is 0 Å². The molecule has 4 heteroatoms. The van der Waals surface area contributed by atoms with Gasteiger partial charge in [-0.05, 0) is 29.7 Å². The summed E-state index contributed by atoms with van der Waals surface area (Å²) in [5.41, 5.74) is 2.15. The molecular weight excluding hydrogens is 230 g/mol. The lowest BCUT2D eigenvalue weighted by molar-refractivity contribution is -0.384. The van der Waals surface area contributed by atoms with Crippen LogP contribution >= 0.6 is 0 Å². The molecule has 18 heavy (non-hydrogen) atoms. The molecule has 0 aliphatic heterocycles. The van der Waals surface area contributed by atoms with E-state index in [0.29, 0.717) is 6.42 Å². The fraction of sp³-hybridized carbons (Fsp3) is 0.143. The van der Waals surface area contributed by atoms with Gasteiger partial charge in [0.05, 0.1) is 12.0 Å². The van der Waals surface area contributed by atoms with Crippen molar-refractivity contribution in [2.75, 3.05) is 7.11 Å². The van der Waals surface area contributed by atoms with E-state index in [4.69, 9.17) is 4.74 Å². The molecule has 0 atom stereocenters. The first-order chi connectivity index (χ1) is 8.69. The van der Waals surface area contributed by atoms with Crippen molar-refractivity contribution in [1.29, 1.82) is 0 Å². The van der Waals surface area contributed by atoms with Crippen LogP contribution in [0.1, 0.15) is 11.1 Å². The molecule has 2 aromatic carbocycles. The predicted molar refractivity (Wildman–Crippen MR) is 68.9 cm³/mol. The highest BCUT2D eigenvalue weighted by molar-refractivity contribution is 5.37. The van der Waals surface area contributed by atoms with Crippen LogP contribution in [0.3, 0.4) is 0 Å². The summed E-state index contributed by atoms with van der Waals surface area (Å²) in [6, 6.07) is 14.4. The van der Waals surface area contributed by atoms with E-state index in [-0.39, 0.29) is 10.6 Å². The summed E-state index contributed by atoms with van der Waals surface area (Å²) in [7, 11) is 1.62. The minimum absolute atomic E-state index is 0.126. The Hall–Kier alpha value is -2.36. The molecule has 4 nitrogen and oxygen atoms in total. The Morgan fingerprint density at radius 2 is 1.83 bits per heavy atom. The smallest absolute Gasteiger partial charge is 0.269 e. The second kappa shape index (κ2) is 5.31. The van der Waals surface area contributed by atoms with Gasteiger partial charge >= 0.3 is 0 Å². The minimum atomic E-state index is -0.377. The number of ether oxygens (including phenoxy) is 1. The predicted octanol–water partition coefficient (Wildman–Crippen LogP) is 3.19. The second-order valence-corrected chi connectivity index (χ2v) is 3.95. The molecule has 0 amide bonds. The summed E-state index contributed by atoms with van der Waals surface area (Å²) in [6.45, 7) is 0. The molecule has 0 saturated heterocycles. The maximum atomic E-state index is 10.7. The zero-order valence-electron chi connectivity index (χ0n) is 10.00. The first-order valence-electron chi connectivity index (χ1n) is 5.55. The standard InChI is InChI=1S/C14H13NO3/c1-18-14-7-5-11(6-8-14)9-12-3-2-4-13(10-12)15(16)17/h2-8,10H,9H2,1H3. The van der Waals surface area contributed by atoms with Crippen molar-refractivity contribution in [3.05, 3.63) is 69.8 Å². The first-order valence-corrected chi connectivity index (χ1v) is 5.55. The van der Waals surface area contributed by atoms with E-state index < -0.39 is 0 Å². The fourth-order valence-electron chi connectivity index (χ4n) is 1.76. The SMILES string of the molecule is COc1ccc(Cc2cccc([N+](=O)[O-])c2)cc1. The zero-order valence-corrected chi connectivity index (χ0v) is 10.00. The van der Waals surface area contributed by atoms with Crippen molar-refractivity contribution in [3.63, 3.8) is 0 Å². The third-order valence-corrected chi connectivity index (χ3v) is 2.69. The number of hydrogen-bond donors (Lipinski definition) is 0. The van der Waals surface area contributed by atoms with Gasteiger partial charge in [-0.25, -0.2) is 0 Å². The number of hydrogen-bond acceptors (Lipinski definition) is 3. The Balaban J connectivity index is 2.17. The van der Waals surface area contributed by atoms with Crippen LogP contribution in [0.25, 0.3) is 0 Å². The van der Waals surface area contributed by atoms with Gasteiger partial charge in [0.25, 0.3) is 5.69 Å². The van der Waals surface area contributed by atoms with Crippen LogP contribution in [0.15, 0.2) is 48.5 Å². The molecule has 0 heterocycles. The maximum Gasteiger partial charge on any atom is 0.269 e. The molecule has 0 unspecified atom stereocenters. The number of non-ortho nitro benzene ring substituents is 1. The molecule has 0 saturated carbocycles. The van der Waals surface area contributed by atoms with E-state index in [1.807, 2.05) is 30.3 Å². The van der Waals surface area contributed by atoms with Gasteiger partial charge in [0, 0.05) is 12.1 Å². The summed E-state index contributed by atoms with van der Waals surface area (Å²) >= 11 is 0. The van der Waals surface area contributed by atoms with Crippen LogP contribution in [-0.4, -0.2) is 12.0 Å². The van der Waals surface area contributed by atoms with Gasteiger partial charge in [0.2, 0.25) is 0 Å². The van der Waals surface area contributed by atoms with Crippen LogP contribution in [0.5, 0.6) is 5.75 Å². The van der Waals surface area contributed by atoms with Crippen LogP contribution < -0.4 is 4.74 Å². The Morgan fingerprint density at radius 1 is 1.11 bits per heavy atom. The highest BCUT2D eigenvalue weighted by atomic mass is 16.6. The third kappa shape index (κ3) is 2.85. The van der Waals surface area contributed by atoms with Gasteiger partial charge < -0.3 is 4.74 Å². The molecule has 92 valence electrons. The number of nitro groups is 1. The summed E-state index contributed by atoms with van der Waals surface area (Å²) in [5.74, 6) is 0.804. The highest BCUT2D eigenvalue weighted by Crippen LogP contribution is 2.18. The van der Waals surface area contributed by atoms with Gasteiger partial charge in [-0.1, -0.05) is 24.3 Å². The van der Waals surface area contributed by atoms with Crippen molar-refractivity contribution in [3.8, 4) is 5.75 Å². The molecule has 0 aliphatic carbocycles. The Kier molecular flexibility index (Phi) is 3.57. The molecule has 0 radical (unpaired) electrons. The molecule has 0 aromatic heterocycles. The van der Waals surface area contributed by atoms with Gasteiger partial charge in [-0.2, -0.15) is 0 Å². The van der Waals surface area contributed by atoms with Crippen molar-refractivity contribution in [1.82, 2.24) is 0 Å². The monoisotopic (exact) mass is 243 g/mol.